The van der Waals surface area contributed by atoms with Gasteiger partial charge in [0.15, 0.2) is 0 Å². The summed E-state index contributed by atoms with van der Waals surface area (Å²) in [5.74, 6) is -1.45. The van der Waals surface area contributed by atoms with Crippen molar-refractivity contribution < 1.29 is 24.2 Å². The minimum absolute atomic E-state index is 0.0200. The van der Waals surface area contributed by atoms with Gasteiger partial charge in [-0.15, -0.1) is 0 Å². The minimum Gasteiger partial charge on any atom is -0.480 e. The van der Waals surface area contributed by atoms with E-state index in [1.807, 2.05) is 31.2 Å². The standard InChI is InChI=1S/C25H30N2O5/c1-4-9-17(14-23(28)27(3)16(2)24(29)30)26-25(31)32-15-22-20-12-7-5-10-18(20)19-11-6-8-13-21(19)22/h5-8,10-13,16-17,22H,4,9,14-15H2,1-3H3,(H,26,31)(H,29,30). The van der Waals surface area contributed by atoms with Crippen molar-refractivity contribution in [2.24, 2.45) is 0 Å². The van der Waals surface area contributed by atoms with Gasteiger partial charge in [-0.3, -0.25) is 4.79 Å². The van der Waals surface area contributed by atoms with E-state index in [9.17, 15) is 14.4 Å². The molecule has 2 N–H and O–H groups in total. The van der Waals surface area contributed by atoms with Crippen molar-refractivity contribution in [2.45, 2.75) is 51.1 Å². The number of hydrogen-bond donors (Lipinski definition) is 2. The van der Waals surface area contributed by atoms with Gasteiger partial charge in [0.05, 0.1) is 0 Å². The fourth-order valence-electron chi connectivity index (χ4n) is 4.12. The number of ether oxygens (including phenoxy) is 1. The Kier molecular flexibility index (Phi) is 7.51. The molecule has 0 spiro atoms. The van der Waals surface area contributed by atoms with Crippen LogP contribution in [-0.4, -0.2) is 53.7 Å². The molecule has 0 heterocycles. The Balaban J connectivity index is 1.62. The Labute approximate surface area is 188 Å². The van der Waals surface area contributed by atoms with Crippen molar-refractivity contribution >= 4 is 18.0 Å². The highest BCUT2D eigenvalue weighted by Gasteiger charge is 2.30. The van der Waals surface area contributed by atoms with E-state index >= 15 is 0 Å². The lowest BCUT2D eigenvalue weighted by atomic mass is 9.98. The molecule has 2 aromatic carbocycles. The van der Waals surface area contributed by atoms with Crippen LogP contribution in [0.25, 0.3) is 11.1 Å². The molecule has 7 heteroatoms. The quantitative estimate of drug-likeness (QED) is 0.617. The molecule has 0 aliphatic heterocycles. The zero-order valence-electron chi connectivity index (χ0n) is 18.7. The predicted molar refractivity (Wildman–Crippen MR) is 121 cm³/mol. The molecule has 32 heavy (non-hydrogen) atoms. The fourth-order valence-corrected chi connectivity index (χ4v) is 4.12. The van der Waals surface area contributed by atoms with Crippen LogP contribution in [0.1, 0.15) is 50.2 Å². The van der Waals surface area contributed by atoms with Gasteiger partial charge in [0.1, 0.15) is 12.6 Å². The van der Waals surface area contributed by atoms with Gasteiger partial charge in [-0.1, -0.05) is 61.9 Å². The SMILES string of the molecule is CCCC(CC(=O)N(C)C(C)C(=O)O)NC(=O)OCC1c2ccccc2-c2ccccc21. The van der Waals surface area contributed by atoms with Gasteiger partial charge in [0.2, 0.25) is 5.91 Å². The summed E-state index contributed by atoms with van der Waals surface area (Å²) in [7, 11) is 1.46. The van der Waals surface area contributed by atoms with Gasteiger partial charge in [-0.05, 0) is 35.6 Å². The summed E-state index contributed by atoms with van der Waals surface area (Å²) in [6.07, 6.45) is 0.795. The minimum atomic E-state index is -1.07. The lowest BCUT2D eigenvalue weighted by Gasteiger charge is -2.25. The summed E-state index contributed by atoms with van der Waals surface area (Å²) in [6, 6.07) is 14.9. The number of carboxylic acids is 1. The molecule has 3 rings (SSSR count). The molecule has 0 bridgehead atoms. The van der Waals surface area contributed by atoms with Crippen LogP contribution in [0, 0.1) is 0 Å². The summed E-state index contributed by atoms with van der Waals surface area (Å²) >= 11 is 0. The third kappa shape index (κ3) is 5.10. The fraction of sp³-hybridized carbons (Fsp3) is 0.400. The first-order chi connectivity index (χ1) is 15.3. The summed E-state index contributed by atoms with van der Waals surface area (Å²) in [6.45, 7) is 3.61. The molecular weight excluding hydrogens is 408 g/mol. The number of alkyl carbamates (subject to hydrolysis) is 1. The Morgan fingerprint density at radius 2 is 1.62 bits per heavy atom. The molecule has 170 valence electrons. The van der Waals surface area contributed by atoms with E-state index in [1.165, 1.54) is 18.9 Å². The first-order valence-electron chi connectivity index (χ1n) is 10.9. The maximum Gasteiger partial charge on any atom is 0.407 e. The highest BCUT2D eigenvalue weighted by molar-refractivity contribution is 5.84. The molecule has 0 fully saturated rings. The number of likely N-dealkylation sites (N-methyl/N-ethyl adjacent to an activating group) is 1. The molecule has 2 aromatic rings. The average molecular weight is 439 g/mol. The van der Waals surface area contributed by atoms with Gasteiger partial charge in [-0.25, -0.2) is 9.59 Å². The van der Waals surface area contributed by atoms with E-state index < -0.39 is 24.1 Å². The van der Waals surface area contributed by atoms with Gasteiger partial charge >= 0.3 is 12.1 Å². The third-order valence-corrected chi connectivity index (χ3v) is 6.06. The van der Waals surface area contributed by atoms with Crippen molar-refractivity contribution in [1.82, 2.24) is 10.2 Å². The molecular formula is C25H30N2O5. The molecule has 0 radical (unpaired) electrons. The smallest absolute Gasteiger partial charge is 0.407 e. The maximum atomic E-state index is 12.6. The number of benzene rings is 2. The number of nitrogens with one attached hydrogen (secondary N) is 1. The number of rotatable bonds is 9. The molecule has 7 nitrogen and oxygen atoms in total. The van der Waals surface area contributed by atoms with E-state index in [1.54, 1.807) is 0 Å². The molecule has 2 amide bonds. The highest BCUT2D eigenvalue weighted by atomic mass is 16.5. The lowest BCUT2D eigenvalue weighted by molar-refractivity contribution is -0.148. The molecule has 1 aliphatic carbocycles. The number of aliphatic carboxylic acids is 1. The monoisotopic (exact) mass is 438 g/mol. The maximum absolute atomic E-state index is 12.6. The molecule has 0 aromatic heterocycles. The average Bonchev–Trinajstić information content (AvgIpc) is 3.10. The van der Waals surface area contributed by atoms with Gasteiger partial charge in [-0.2, -0.15) is 0 Å². The third-order valence-electron chi connectivity index (χ3n) is 6.06. The Morgan fingerprint density at radius 3 is 2.16 bits per heavy atom. The van der Waals surface area contributed by atoms with E-state index in [0.717, 1.165) is 28.7 Å². The van der Waals surface area contributed by atoms with Crippen molar-refractivity contribution in [2.75, 3.05) is 13.7 Å². The second-order valence-corrected chi connectivity index (χ2v) is 8.18. The first-order valence-corrected chi connectivity index (χ1v) is 10.9. The van der Waals surface area contributed by atoms with E-state index in [2.05, 4.69) is 29.6 Å². The summed E-state index contributed by atoms with van der Waals surface area (Å²) in [4.78, 5) is 37.3. The number of carboxylic acid groups (broad SMARTS) is 1. The molecule has 2 atom stereocenters. The summed E-state index contributed by atoms with van der Waals surface area (Å²) < 4.78 is 5.58. The van der Waals surface area contributed by atoms with Crippen LogP contribution >= 0.6 is 0 Å². The number of nitrogens with zero attached hydrogens (tertiary/aromatic N) is 1. The van der Waals surface area contributed by atoms with Crippen LogP contribution in [0.5, 0.6) is 0 Å². The number of carbonyl (C=O) groups is 3. The van der Waals surface area contributed by atoms with Crippen molar-refractivity contribution in [3.05, 3.63) is 59.7 Å². The summed E-state index contributed by atoms with van der Waals surface area (Å²) in [5.41, 5.74) is 4.57. The van der Waals surface area contributed by atoms with Crippen LogP contribution in [0.3, 0.4) is 0 Å². The number of hydrogen-bond acceptors (Lipinski definition) is 4. The van der Waals surface area contributed by atoms with Crippen LogP contribution in [0.4, 0.5) is 4.79 Å². The van der Waals surface area contributed by atoms with Crippen LogP contribution in [0.15, 0.2) is 48.5 Å². The normalized spacial score (nSPS) is 14.1. The van der Waals surface area contributed by atoms with Crippen LogP contribution in [-0.2, 0) is 14.3 Å². The topological polar surface area (TPSA) is 95.9 Å². The molecule has 1 aliphatic rings. The zero-order chi connectivity index (χ0) is 23.3. The predicted octanol–water partition coefficient (Wildman–Crippen LogP) is 4.02. The highest BCUT2D eigenvalue weighted by Crippen LogP contribution is 2.44. The van der Waals surface area contributed by atoms with Crippen LogP contribution < -0.4 is 5.32 Å². The largest absolute Gasteiger partial charge is 0.480 e. The zero-order valence-corrected chi connectivity index (χ0v) is 18.7. The van der Waals surface area contributed by atoms with Gasteiger partial charge in [0.25, 0.3) is 0 Å². The second kappa shape index (κ2) is 10.3. The van der Waals surface area contributed by atoms with Gasteiger partial charge in [0, 0.05) is 25.4 Å². The number of carbonyl (C=O) groups excluding carboxylic acids is 2. The Morgan fingerprint density at radius 1 is 1.06 bits per heavy atom. The molecule has 0 saturated heterocycles. The number of amides is 2. The second-order valence-electron chi connectivity index (χ2n) is 8.18. The molecule has 2 unspecified atom stereocenters. The van der Waals surface area contributed by atoms with Crippen molar-refractivity contribution in [1.29, 1.82) is 0 Å². The van der Waals surface area contributed by atoms with Crippen LogP contribution in [0.2, 0.25) is 0 Å². The Bertz CT molecular complexity index is 944. The van der Waals surface area contributed by atoms with E-state index in [4.69, 9.17) is 9.84 Å². The van der Waals surface area contributed by atoms with E-state index in [-0.39, 0.29) is 24.9 Å². The number of fused-ring (bicyclic) bond motifs is 3. The van der Waals surface area contributed by atoms with Crippen molar-refractivity contribution in [3.63, 3.8) is 0 Å². The first kappa shape index (κ1) is 23.3. The van der Waals surface area contributed by atoms with Gasteiger partial charge < -0.3 is 20.1 Å². The summed E-state index contributed by atoms with van der Waals surface area (Å²) in [5, 5.41) is 11.9. The van der Waals surface area contributed by atoms with E-state index in [0.29, 0.717) is 6.42 Å². The van der Waals surface area contributed by atoms with Crippen molar-refractivity contribution in [3.8, 4) is 11.1 Å². The molecule has 0 saturated carbocycles. The lowest BCUT2D eigenvalue weighted by Crippen LogP contribution is -2.44. The Hall–Kier alpha value is -3.35.